The Morgan fingerprint density at radius 3 is 2.76 bits per heavy atom. The lowest BCUT2D eigenvalue weighted by molar-refractivity contribution is 0.446. The van der Waals surface area contributed by atoms with E-state index in [0.29, 0.717) is 12.1 Å². The molecule has 2 heterocycles. The third-order valence-electron chi connectivity index (χ3n) is 4.97. The van der Waals surface area contributed by atoms with Gasteiger partial charge in [0.05, 0.1) is 0 Å². The Balaban J connectivity index is 1.69. The van der Waals surface area contributed by atoms with Gasteiger partial charge in [-0.1, -0.05) is 26.2 Å². The normalized spacial score (nSPS) is 24.0. The Labute approximate surface area is 128 Å². The fraction of sp³-hybridized carbons (Fsp3) is 0.765. The molecule has 0 aromatic carbocycles. The lowest BCUT2D eigenvalue weighted by Crippen LogP contribution is -2.39. The maximum atomic E-state index is 4.79. The number of rotatable bonds is 4. The van der Waals surface area contributed by atoms with Crippen molar-refractivity contribution in [3.63, 3.8) is 0 Å². The minimum atomic E-state index is 0.567. The molecular weight excluding hydrogens is 260 g/mol. The maximum Gasteiger partial charge on any atom is 0.224 e. The Hall–Kier alpha value is -1.32. The van der Waals surface area contributed by atoms with Gasteiger partial charge in [0.15, 0.2) is 0 Å². The number of piperidine rings is 1. The van der Waals surface area contributed by atoms with Crippen molar-refractivity contribution in [3.8, 4) is 0 Å². The summed E-state index contributed by atoms with van der Waals surface area (Å²) in [6, 6.07) is 3.29. The number of hydrogen-bond donors (Lipinski definition) is 1. The first-order chi connectivity index (χ1) is 10.4. The molecule has 1 aliphatic carbocycles. The summed E-state index contributed by atoms with van der Waals surface area (Å²) < 4.78 is 0. The van der Waals surface area contributed by atoms with Crippen LogP contribution in [0.15, 0.2) is 12.3 Å². The Kier molecular flexibility index (Phi) is 4.94. The van der Waals surface area contributed by atoms with Gasteiger partial charge in [-0.3, -0.25) is 0 Å². The third kappa shape index (κ3) is 3.66. The van der Waals surface area contributed by atoms with Crippen LogP contribution in [0, 0.1) is 0 Å². The summed E-state index contributed by atoms with van der Waals surface area (Å²) in [4.78, 5) is 11.7. The summed E-state index contributed by atoms with van der Waals surface area (Å²) in [5.74, 6) is 1.93. The predicted molar refractivity (Wildman–Crippen MR) is 87.8 cm³/mol. The molecule has 0 spiro atoms. The van der Waals surface area contributed by atoms with E-state index in [1.54, 1.807) is 0 Å². The predicted octanol–water partition coefficient (Wildman–Crippen LogP) is 3.99. The lowest BCUT2D eigenvalue weighted by Gasteiger charge is -2.36. The van der Waals surface area contributed by atoms with Crippen LogP contribution < -0.4 is 10.2 Å². The minimum absolute atomic E-state index is 0.567. The molecule has 1 aliphatic heterocycles. The molecule has 1 aromatic rings. The summed E-state index contributed by atoms with van der Waals surface area (Å²) >= 11 is 0. The maximum absolute atomic E-state index is 4.79. The van der Waals surface area contributed by atoms with Gasteiger partial charge in [-0.15, -0.1) is 0 Å². The molecule has 4 nitrogen and oxygen atoms in total. The molecule has 1 unspecified atom stereocenters. The van der Waals surface area contributed by atoms with Gasteiger partial charge in [-0.05, 0) is 44.6 Å². The minimum Gasteiger partial charge on any atom is -0.353 e. The standard InChI is InChI=1S/C17H28N4/c1-2-15-10-6-7-13-21(15)16-11-12-18-17(20-16)19-14-8-4-3-5-9-14/h11-12,14-15H,2-10,13H2,1H3,(H,18,19,20). The van der Waals surface area contributed by atoms with Gasteiger partial charge in [0.1, 0.15) is 5.82 Å². The van der Waals surface area contributed by atoms with Gasteiger partial charge in [0.25, 0.3) is 0 Å². The Bertz CT molecular complexity index is 442. The fourth-order valence-electron chi connectivity index (χ4n) is 3.73. The number of aromatic nitrogens is 2. The van der Waals surface area contributed by atoms with Gasteiger partial charge in [-0.25, -0.2) is 4.98 Å². The van der Waals surface area contributed by atoms with Crippen LogP contribution >= 0.6 is 0 Å². The second-order valence-electron chi connectivity index (χ2n) is 6.47. The lowest BCUT2D eigenvalue weighted by atomic mass is 9.96. The van der Waals surface area contributed by atoms with E-state index in [2.05, 4.69) is 28.2 Å². The van der Waals surface area contributed by atoms with Crippen LogP contribution in [0.3, 0.4) is 0 Å². The summed E-state index contributed by atoms with van der Waals surface area (Å²) in [5, 5.41) is 3.54. The molecule has 1 saturated carbocycles. The van der Waals surface area contributed by atoms with E-state index in [1.165, 1.54) is 57.8 Å². The molecule has 21 heavy (non-hydrogen) atoms. The van der Waals surface area contributed by atoms with Gasteiger partial charge in [0, 0.05) is 24.8 Å². The molecule has 2 aliphatic rings. The Morgan fingerprint density at radius 1 is 1.14 bits per heavy atom. The zero-order valence-corrected chi connectivity index (χ0v) is 13.2. The van der Waals surface area contributed by atoms with Crippen LogP contribution in [-0.2, 0) is 0 Å². The first kappa shape index (κ1) is 14.6. The molecule has 1 N–H and O–H groups in total. The zero-order chi connectivity index (χ0) is 14.5. The van der Waals surface area contributed by atoms with E-state index >= 15 is 0 Å². The van der Waals surface area contributed by atoms with Gasteiger partial charge < -0.3 is 10.2 Å². The van der Waals surface area contributed by atoms with Crippen LogP contribution in [0.5, 0.6) is 0 Å². The van der Waals surface area contributed by atoms with Crippen molar-refractivity contribution in [1.29, 1.82) is 0 Å². The second-order valence-corrected chi connectivity index (χ2v) is 6.47. The van der Waals surface area contributed by atoms with Crippen molar-refractivity contribution in [3.05, 3.63) is 12.3 Å². The molecule has 1 aromatic heterocycles. The van der Waals surface area contributed by atoms with E-state index < -0.39 is 0 Å². The first-order valence-electron chi connectivity index (χ1n) is 8.73. The average Bonchev–Trinajstić information content (AvgIpc) is 2.56. The highest BCUT2D eigenvalue weighted by Gasteiger charge is 2.22. The van der Waals surface area contributed by atoms with E-state index in [9.17, 15) is 0 Å². The van der Waals surface area contributed by atoms with Crippen LogP contribution in [0.4, 0.5) is 11.8 Å². The summed E-state index contributed by atoms with van der Waals surface area (Å²) in [6.45, 7) is 3.42. The highest BCUT2D eigenvalue weighted by atomic mass is 15.2. The van der Waals surface area contributed by atoms with Crippen molar-refractivity contribution in [2.45, 2.75) is 76.8 Å². The summed E-state index contributed by atoms with van der Waals surface area (Å²) in [7, 11) is 0. The van der Waals surface area contributed by atoms with Crippen molar-refractivity contribution in [1.82, 2.24) is 9.97 Å². The Morgan fingerprint density at radius 2 is 1.95 bits per heavy atom. The van der Waals surface area contributed by atoms with Crippen LogP contribution in [0.1, 0.15) is 64.7 Å². The SMILES string of the molecule is CCC1CCCCN1c1ccnc(NC2CCCCC2)n1. The molecule has 4 heteroatoms. The molecule has 1 atom stereocenters. The average molecular weight is 288 g/mol. The summed E-state index contributed by atoms with van der Waals surface area (Å²) in [5.41, 5.74) is 0. The highest BCUT2D eigenvalue weighted by Crippen LogP contribution is 2.26. The van der Waals surface area contributed by atoms with E-state index in [0.717, 1.165) is 18.3 Å². The first-order valence-corrected chi connectivity index (χ1v) is 8.73. The molecule has 0 amide bonds. The smallest absolute Gasteiger partial charge is 0.224 e. The molecule has 3 rings (SSSR count). The van der Waals surface area contributed by atoms with Crippen LogP contribution in [0.2, 0.25) is 0 Å². The number of anilines is 2. The molecule has 2 fully saturated rings. The van der Waals surface area contributed by atoms with Crippen LogP contribution in [-0.4, -0.2) is 28.6 Å². The number of nitrogens with one attached hydrogen (secondary N) is 1. The number of hydrogen-bond acceptors (Lipinski definition) is 4. The van der Waals surface area contributed by atoms with E-state index in [1.807, 2.05) is 6.20 Å². The molecule has 0 bridgehead atoms. The fourth-order valence-corrected chi connectivity index (χ4v) is 3.73. The van der Waals surface area contributed by atoms with Crippen LogP contribution in [0.25, 0.3) is 0 Å². The molecule has 0 radical (unpaired) electrons. The highest BCUT2D eigenvalue weighted by molar-refractivity contribution is 5.44. The van der Waals surface area contributed by atoms with Crippen molar-refractivity contribution in [2.24, 2.45) is 0 Å². The quantitative estimate of drug-likeness (QED) is 0.909. The molecular formula is C17H28N4. The van der Waals surface area contributed by atoms with Gasteiger partial charge in [0.2, 0.25) is 5.95 Å². The van der Waals surface area contributed by atoms with E-state index in [4.69, 9.17) is 4.98 Å². The van der Waals surface area contributed by atoms with Crippen molar-refractivity contribution >= 4 is 11.8 Å². The van der Waals surface area contributed by atoms with E-state index in [-0.39, 0.29) is 0 Å². The van der Waals surface area contributed by atoms with Gasteiger partial charge >= 0.3 is 0 Å². The third-order valence-corrected chi connectivity index (χ3v) is 4.97. The number of nitrogens with zero attached hydrogens (tertiary/aromatic N) is 3. The topological polar surface area (TPSA) is 41.1 Å². The monoisotopic (exact) mass is 288 g/mol. The van der Waals surface area contributed by atoms with Crippen molar-refractivity contribution < 1.29 is 0 Å². The largest absolute Gasteiger partial charge is 0.353 e. The second kappa shape index (κ2) is 7.10. The molecule has 1 saturated heterocycles. The van der Waals surface area contributed by atoms with Crippen molar-refractivity contribution in [2.75, 3.05) is 16.8 Å². The summed E-state index contributed by atoms with van der Waals surface area (Å²) in [6.07, 6.45) is 13.6. The molecule has 116 valence electrons. The van der Waals surface area contributed by atoms with Gasteiger partial charge in [-0.2, -0.15) is 4.98 Å². The zero-order valence-electron chi connectivity index (χ0n) is 13.2.